The van der Waals surface area contributed by atoms with Gasteiger partial charge in [0.05, 0.1) is 6.42 Å². The van der Waals surface area contributed by atoms with Gasteiger partial charge in [-0.05, 0) is 6.07 Å². The van der Waals surface area contributed by atoms with Crippen molar-refractivity contribution in [3.8, 4) is 0 Å². The molecule has 0 aliphatic carbocycles. The Kier molecular flexibility index (Phi) is 4.06. The van der Waals surface area contributed by atoms with Crippen LogP contribution in [-0.2, 0) is 6.42 Å². The first-order valence-electron chi connectivity index (χ1n) is 7.67. The van der Waals surface area contributed by atoms with E-state index in [0.29, 0.717) is 28.0 Å². The molecular weight excluding hydrogens is 288 g/mol. The molecule has 0 aliphatic rings. The molecule has 1 aromatic heterocycles. The monoisotopic (exact) mass is 306 g/mol. The van der Waals surface area contributed by atoms with Crippen molar-refractivity contribution in [1.29, 1.82) is 0 Å². The first-order chi connectivity index (χ1) is 11.1. The quantitative estimate of drug-likeness (QED) is 0.421. The Labute approximate surface area is 135 Å². The van der Waals surface area contributed by atoms with Crippen LogP contribution in [0.25, 0.3) is 11.0 Å². The molecule has 0 spiro atoms. The summed E-state index contributed by atoms with van der Waals surface area (Å²) in [6.07, 6.45) is 0.0544. The zero-order valence-corrected chi connectivity index (χ0v) is 13.2. The molecule has 0 aliphatic heterocycles. The molecule has 4 heteroatoms. The zero-order valence-electron chi connectivity index (χ0n) is 13.2. The van der Waals surface area contributed by atoms with E-state index in [1.54, 1.807) is 24.3 Å². The summed E-state index contributed by atoms with van der Waals surface area (Å²) in [5.41, 5.74) is 2.88. The summed E-state index contributed by atoms with van der Waals surface area (Å²) in [7, 11) is 0. The van der Waals surface area contributed by atoms with Gasteiger partial charge in [0.15, 0.2) is 5.78 Å². The van der Waals surface area contributed by atoms with Gasteiger partial charge in [0, 0.05) is 17.5 Å². The summed E-state index contributed by atoms with van der Waals surface area (Å²) in [6, 6.07) is 16.2. The lowest BCUT2D eigenvalue weighted by molar-refractivity contribution is -0.586. The fourth-order valence-corrected chi connectivity index (χ4v) is 2.68. The summed E-state index contributed by atoms with van der Waals surface area (Å²) >= 11 is 0. The number of nitrogens with zero attached hydrogens (tertiary/aromatic N) is 2. The summed E-state index contributed by atoms with van der Waals surface area (Å²) in [4.78, 5) is 17.1. The first kappa shape index (κ1) is 15.2. The molecule has 0 amide bonds. The maximum Gasteiger partial charge on any atom is 0.242 e. The largest absolute Gasteiger partial charge is 0.618 e. The van der Waals surface area contributed by atoms with Crippen LogP contribution in [0.2, 0.25) is 0 Å². The summed E-state index contributed by atoms with van der Waals surface area (Å²) in [5.74, 6) is -0.00689. The smallest absolute Gasteiger partial charge is 0.242 e. The topological polar surface area (TPSA) is 56.9 Å². The second-order valence-corrected chi connectivity index (χ2v) is 5.85. The van der Waals surface area contributed by atoms with Crippen molar-refractivity contribution in [3.63, 3.8) is 0 Å². The highest BCUT2D eigenvalue weighted by Crippen LogP contribution is 2.20. The molecule has 2 aromatic carbocycles. The molecule has 0 fully saturated rings. The number of ketones is 1. The van der Waals surface area contributed by atoms with Gasteiger partial charge in [-0.15, -0.1) is 0 Å². The molecule has 3 aromatic rings. The van der Waals surface area contributed by atoms with E-state index in [9.17, 15) is 10.0 Å². The van der Waals surface area contributed by atoms with E-state index >= 15 is 0 Å². The van der Waals surface area contributed by atoms with Crippen LogP contribution >= 0.6 is 0 Å². The predicted octanol–water partition coefficient (Wildman–Crippen LogP) is 3.42. The fraction of sp³-hybridized carbons (Fsp3) is 0.211. The Morgan fingerprint density at radius 2 is 1.74 bits per heavy atom. The second kappa shape index (κ2) is 6.16. The van der Waals surface area contributed by atoms with Gasteiger partial charge in [-0.3, -0.25) is 4.79 Å². The molecule has 0 saturated heterocycles. The van der Waals surface area contributed by atoms with Crippen LogP contribution in [0.4, 0.5) is 0 Å². The fourth-order valence-electron chi connectivity index (χ4n) is 2.68. The van der Waals surface area contributed by atoms with Gasteiger partial charge >= 0.3 is 0 Å². The van der Waals surface area contributed by atoms with Crippen molar-refractivity contribution < 1.29 is 9.52 Å². The van der Waals surface area contributed by atoms with Gasteiger partial charge in [0.1, 0.15) is 11.2 Å². The zero-order chi connectivity index (χ0) is 16.4. The van der Waals surface area contributed by atoms with Gasteiger partial charge in [0.2, 0.25) is 11.2 Å². The van der Waals surface area contributed by atoms with Crippen molar-refractivity contribution in [1.82, 2.24) is 4.98 Å². The lowest BCUT2D eigenvalue weighted by atomic mass is 10.0. The van der Waals surface area contributed by atoms with Gasteiger partial charge in [-0.25, -0.2) is 4.98 Å². The molecule has 0 radical (unpaired) electrons. The standard InChI is InChI=1S/C19H18N2O2/c1-13(2)19-17(12-18(22)14-8-4-3-5-9-14)21(23)16-11-7-6-10-15(16)20-19/h3-11,13H,12H2,1-2H3. The van der Waals surface area contributed by atoms with Gasteiger partial charge < -0.3 is 5.21 Å². The highest BCUT2D eigenvalue weighted by Gasteiger charge is 2.24. The molecule has 116 valence electrons. The minimum Gasteiger partial charge on any atom is -0.618 e. The van der Waals surface area contributed by atoms with E-state index in [1.807, 2.05) is 44.2 Å². The first-order valence-corrected chi connectivity index (χ1v) is 7.67. The van der Waals surface area contributed by atoms with Crippen LogP contribution in [0.15, 0.2) is 54.6 Å². The average Bonchev–Trinajstić information content (AvgIpc) is 2.57. The number of rotatable bonds is 4. The van der Waals surface area contributed by atoms with Crippen molar-refractivity contribution in [2.75, 3.05) is 0 Å². The molecule has 1 heterocycles. The Morgan fingerprint density at radius 3 is 2.43 bits per heavy atom. The Bertz CT molecular complexity index is 858. The number of Topliss-reactive ketones (excluding diaryl/α,β-unsaturated/α-hetero) is 1. The lowest BCUT2D eigenvalue weighted by Gasteiger charge is -2.13. The third-order valence-electron chi connectivity index (χ3n) is 3.85. The SMILES string of the molecule is CC(C)c1nc2ccccc2[n+]([O-])c1CC(=O)c1ccccc1. The van der Waals surface area contributed by atoms with Crippen molar-refractivity contribution in [3.05, 3.63) is 76.8 Å². The lowest BCUT2D eigenvalue weighted by Crippen LogP contribution is -2.37. The van der Waals surface area contributed by atoms with Gasteiger partial charge in [0.25, 0.3) is 0 Å². The second-order valence-electron chi connectivity index (χ2n) is 5.85. The molecule has 0 unspecified atom stereocenters. The predicted molar refractivity (Wildman–Crippen MR) is 89.3 cm³/mol. The Balaban J connectivity index is 2.10. The number of benzene rings is 2. The van der Waals surface area contributed by atoms with E-state index in [4.69, 9.17) is 0 Å². The third kappa shape index (κ3) is 2.93. The molecule has 0 atom stereocenters. The summed E-state index contributed by atoms with van der Waals surface area (Å²) in [6.45, 7) is 3.96. The average molecular weight is 306 g/mol. The number of hydrogen-bond donors (Lipinski definition) is 0. The number of hydrogen-bond acceptors (Lipinski definition) is 3. The van der Waals surface area contributed by atoms with Crippen molar-refractivity contribution in [2.45, 2.75) is 26.2 Å². The van der Waals surface area contributed by atoms with Crippen LogP contribution in [-0.4, -0.2) is 10.8 Å². The number of fused-ring (bicyclic) bond motifs is 1. The minimum absolute atomic E-state index is 0.0544. The summed E-state index contributed by atoms with van der Waals surface area (Å²) < 4.78 is 0.860. The van der Waals surface area contributed by atoms with Gasteiger partial charge in [-0.1, -0.05) is 56.3 Å². The van der Waals surface area contributed by atoms with Crippen LogP contribution in [0.5, 0.6) is 0 Å². The molecule has 4 nitrogen and oxygen atoms in total. The number of aromatic nitrogens is 2. The Hall–Kier alpha value is -2.75. The van der Waals surface area contributed by atoms with E-state index in [1.165, 1.54) is 0 Å². The van der Waals surface area contributed by atoms with Crippen LogP contribution in [0.1, 0.15) is 41.5 Å². The van der Waals surface area contributed by atoms with E-state index < -0.39 is 0 Å². The van der Waals surface area contributed by atoms with Gasteiger partial charge in [-0.2, -0.15) is 4.73 Å². The number of para-hydroxylation sites is 2. The van der Waals surface area contributed by atoms with Crippen molar-refractivity contribution >= 4 is 16.8 Å². The van der Waals surface area contributed by atoms with Crippen molar-refractivity contribution in [2.24, 2.45) is 0 Å². The maximum atomic E-state index is 12.7. The van der Waals surface area contributed by atoms with E-state index in [-0.39, 0.29) is 18.1 Å². The highest BCUT2D eigenvalue weighted by atomic mass is 16.5. The Morgan fingerprint density at radius 1 is 1.09 bits per heavy atom. The van der Waals surface area contributed by atoms with E-state index in [0.717, 1.165) is 4.73 Å². The van der Waals surface area contributed by atoms with E-state index in [2.05, 4.69) is 4.98 Å². The van der Waals surface area contributed by atoms with Crippen LogP contribution < -0.4 is 4.73 Å². The minimum atomic E-state index is -0.0748. The molecule has 0 bridgehead atoms. The molecule has 3 rings (SSSR count). The molecule has 23 heavy (non-hydrogen) atoms. The maximum absolute atomic E-state index is 12.7. The number of carbonyl (C=O) groups excluding carboxylic acids is 1. The molecule has 0 saturated carbocycles. The third-order valence-corrected chi connectivity index (χ3v) is 3.85. The normalized spacial score (nSPS) is 11.1. The van der Waals surface area contributed by atoms with Crippen LogP contribution in [0, 0.1) is 5.21 Å². The molecular formula is C19H18N2O2. The number of carbonyl (C=O) groups is 1. The highest BCUT2D eigenvalue weighted by molar-refractivity contribution is 5.97. The molecule has 0 N–H and O–H groups in total. The van der Waals surface area contributed by atoms with Crippen LogP contribution in [0.3, 0.4) is 0 Å². The summed E-state index contributed by atoms with van der Waals surface area (Å²) in [5, 5.41) is 12.7.